The van der Waals surface area contributed by atoms with Gasteiger partial charge in [0.2, 0.25) is 10.0 Å². The van der Waals surface area contributed by atoms with Crippen LogP contribution in [0, 0.1) is 6.92 Å². The van der Waals surface area contributed by atoms with Gasteiger partial charge < -0.3 is 0 Å². The molecule has 3 rings (SSSR count). The van der Waals surface area contributed by atoms with Gasteiger partial charge in [-0.3, -0.25) is 5.10 Å². The number of piperidine rings is 1. The van der Waals surface area contributed by atoms with E-state index in [1.54, 1.807) is 16.4 Å². The Hall–Kier alpha value is -1.73. The van der Waals surface area contributed by atoms with Crippen LogP contribution >= 0.6 is 0 Å². The van der Waals surface area contributed by atoms with E-state index in [0.717, 1.165) is 25.1 Å². The standard InChI is InChI=1S/C18H26N4O2S/c1-4-13(2)15-7-9-17(10-8-15)25(23,24)22-11-5-6-16(12-22)18-19-14(3)20-21-18/h7-10,13,16H,4-6,11-12H2,1-3H3,(H,19,20,21)/t13-,16+/m1/s1. The van der Waals surface area contributed by atoms with Gasteiger partial charge in [-0.25, -0.2) is 13.4 Å². The topological polar surface area (TPSA) is 79.0 Å². The fraction of sp³-hybridized carbons (Fsp3) is 0.556. The highest BCUT2D eigenvalue weighted by Gasteiger charge is 2.32. The third kappa shape index (κ3) is 3.77. The van der Waals surface area contributed by atoms with Crippen molar-refractivity contribution >= 4 is 10.0 Å². The summed E-state index contributed by atoms with van der Waals surface area (Å²) in [7, 11) is -3.48. The number of aromatic amines is 1. The van der Waals surface area contributed by atoms with E-state index < -0.39 is 10.0 Å². The summed E-state index contributed by atoms with van der Waals surface area (Å²) in [5.74, 6) is 1.96. The summed E-state index contributed by atoms with van der Waals surface area (Å²) >= 11 is 0. The molecule has 0 unspecified atom stereocenters. The van der Waals surface area contributed by atoms with Crippen LogP contribution in [0.15, 0.2) is 29.2 Å². The van der Waals surface area contributed by atoms with E-state index in [4.69, 9.17) is 0 Å². The third-order valence-corrected chi connectivity index (χ3v) is 6.94. The van der Waals surface area contributed by atoms with Crippen molar-refractivity contribution in [3.05, 3.63) is 41.5 Å². The highest BCUT2D eigenvalue weighted by molar-refractivity contribution is 7.89. The monoisotopic (exact) mass is 362 g/mol. The minimum Gasteiger partial charge on any atom is -0.263 e. The second kappa shape index (κ2) is 7.25. The smallest absolute Gasteiger partial charge is 0.243 e. The summed E-state index contributed by atoms with van der Waals surface area (Å²) in [5, 5.41) is 7.06. The number of aromatic nitrogens is 3. The van der Waals surface area contributed by atoms with Gasteiger partial charge in [-0.2, -0.15) is 9.40 Å². The van der Waals surface area contributed by atoms with Gasteiger partial charge in [-0.05, 0) is 49.8 Å². The molecule has 0 aliphatic carbocycles. The maximum Gasteiger partial charge on any atom is 0.243 e. The van der Waals surface area contributed by atoms with Crippen molar-refractivity contribution in [3.63, 3.8) is 0 Å². The van der Waals surface area contributed by atoms with Crippen LogP contribution in [0.1, 0.15) is 62.2 Å². The van der Waals surface area contributed by atoms with Crippen molar-refractivity contribution in [1.82, 2.24) is 19.5 Å². The molecule has 1 aromatic heterocycles. The third-order valence-electron chi connectivity index (χ3n) is 5.06. The molecule has 25 heavy (non-hydrogen) atoms. The van der Waals surface area contributed by atoms with Crippen LogP contribution in [0.4, 0.5) is 0 Å². The van der Waals surface area contributed by atoms with E-state index in [9.17, 15) is 8.42 Å². The van der Waals surface area contributed by atoms with Crippen molar-refractivity contribution in [2.24, 2.45) is 0 Å². The fourth-order valence-corrected chi connectivity index (χ4v) is 4.79. The average Bonchev–Trinajstić information content (AvgIpc) is 3.07. The molecule has 6 nitrogen and oxygen atoms in total. The van der Waals surface area contributed by atoms with Gasteiger partial charge in [0.25, 0.3) is 0 Å². The largest absolute Gasteiger partial charge is 0.263 e. The van der Waals surface area contributed by atoms with E-state index in [0.29, 0.717) is 29.7 Å². The van der Waals surface area contributed by atoms with E-state index in [2.05, 4.69) is 29.0 Å². The lowest BCUT2D eigenvalue weighted by Gasteiger charge is -2.30. The van der Waals surface area contributed by atoms with E-state index in [-0.39, 0.29) is 5.92 Å². The van der Waals surface area contributed by atoms with Crippen LogP contribution in [0.25, 0.3) is 0 Å². The van der Waals surface area contributed by atoms with Crippen molar-refractivity contribution in [2.45, 2.75) is 56.8 Å². The van der Waals surface area contributed by atoms with Crippen LogP contribution < -0.4 is 0 Å². The lowest BCUT2D eigenvalue weighted by atomic mass is 9.99. The number of rotatable bonds is 5. The summed E-state index contributed by atoms with van der Waals surface area (Å²) in [4.78, 5) is 4.74. The van der Waals surface area contributed by atoms with Gasteiger partial charge in [0.15, 0.2) is 5.82 Å². The van der Waals surface area contributed by atoms with Crippen LogP contribution in [0.3, 0.4) is 0 Å². The minimum atomic E-state index is -3.48. The molecule has 0 bridgehead atoms. The van der Waals surface area contributed by atoms with Crippen molar-refractivity contribution in [1.29, 1.82) is 0 Å². The number of hydrogen-bond donors (Lipinski definition) is 1. The SMILES string of the molecule is CC[C@@H](C)c1ccc(S(=O)(=O)N2CCC[C@H](c3n[nH]c(C)n3)C2)cc1. The zero-order chi connectivity index (χ0) is 18.0. The Kier molecular flexibility index (Phi) is 5.24. The molecule has 0 radical (unpaired) electrons. The minimum absolute atomic E-state index is 0.0489. The van der Waals surface area contributed by atoms with Crippen LogP contribution in [0.5, 0.6) is 0 Å². The Labute approximate surface area is 149 Å². The van der Waals surface area contributed by atoms with Crippen LogP contribution in [-0.2, 0) is 10.0 Å². The Morgan fingerprint density at radius 3 is 2.64 bits per heavy atom. The van der Waals surface area contributed by atoms with Crippen LogP contribution in [-0.4, -0.2) is 41.0 Å². The second-order valence-electron chi connectivity index (χ2n) is 6.86. The van der Waals surface area contributed by atoms with Crippen molar-refractivity contribution < 1.29 is 8.42 Å². The Morgan fingerprint density at radius 2 is 2.04 bits per heavy atom. The van der Waals surface area contributed by atoms with Gasteiger partial charge in [-0.1, -0.05) is 26.0 Å². The van der Waals surface area contributed by atoms with E-state index in [1.807, 2.05) is 19.1 Å². The summed E-state index contributed by atoms with van der Waals surface area (Å²) in [5.41, 5.74) is 1.18. The zero-order valence-corrected chi connectivity index (χ0v) is 15.9. The molecule has 1 aromatic carbocycles. The maximum atomic E-state index is 13.0. The molecule has 0 spiro atoms. The number of benzene rings is 1. The molecule has 7 heteroatoms. The number of aryl methyl sites for hydroxylation is 1. The molecule has 1 aliphatic rings. The first-order valence-electron chi connectivity index (χ1n) is 8.90. The first-order chi connectivity index (χ1) is 11.9. The van der Waals surface area contributed by atoms with Gasteiger partial charge in [0.1, 0.15) is 5.82 Å². The Morgan fingerprint density at radius 1 is 1.32 bits per heavy atom. The first-order valence-corrected chi connectivity index (χ1v) is 10.3. The summed E-state index contributed by atoms with van der Waals surface area (Å²) < 4.78 is 27.6. The fourth-order valence-electron chi connectivity index (χ4n) is 3.27. The quantitative estimate of drug-likeness (QED) is 0.886. The van der Waals surface area contributed by atoms with E-state index in [1.165, 1.54) is 5.56 Å². The van der Waals surface area contributed by atoms with Gasteiger partial charge >= 0.3 is 0 Å². The number of H-pyrrole nitrogens is 1. The molecule has 0 saturated carbocycles. The summed E-state index contributed by atoms with van der Waals surface area (Å²) in [6.07, 6.45) is 2.77. The molecule has 136 valence electrons. The summed E-state index contributed by atoms with van der Waals surface area (Å²) in [6.45, 7) is 7.13. The number of sulfonamides is 1. The highest BCUT2D eigenvalue weighted by atomic mass is 32.2. The Balaban J connectivity index is 1.79. The molecule has 1 aliphatic heterocycles. The maximum absolute atomic E-state index is 13.0. The van der Waals surface area contributed by atoms with E-state index >= 15 is 0 Å². The molecule has 2 aromatic rings. The predicted molar refractivity (Wildman–Crippen MR) is 97.0 cm³/mol. The molecule has 2 atom stereocenters. The molecule has 2 heterocycles. The molecular formula is C18H26N4O2S. The predicted octanol–water partition coefficient (Wildman–Crippen LogP) is 3.19. The van der Waals surface area contributed by atoms with Gasteiger partial charge in [0.05, 0.1) is 4.90 Å². The number of hydrogen-bond acceptors (Lipinski definition) is 4. The lowest BCUT2D eigenvalue weighted by molar-refractivity contribution is 0.309. The molecule has 0 amide bonds. The number of nitrogens with one attached hydrogen (secondary N) is 1. The van der Waals surface area contributed by atoms with Gasteiger partial charge in [-0.15, -0.1) is 0 Å². The Bertz CT molecular complexity index is 814. The normalized spacial score (nSPS) is 20.5. The second-order valence-corrected chi connectivity index (χ2v) is 8.80. The highest BCUT2D eigenvalue weighted by Crippen LogP contribution is 2.29. The van der Waals surface area contributed by atoms with Crippen LogP contribution in [0.2, 0.25) is 0 Å². The van der Waals surface area contributed by atoms with Crippen molar-refractivity contribution in [3.8, 4) is 0 Å². The zero-order valence-electron chi connectivity index (χ0n) is 15.1. The molecule has 1 N–H and O–H groups in total. The molecular weight excluding hydrogens is 336 g/mol. The van der Waals surface area contributed by atoms with Crippen molar-refractivity contribution in [2.75, 3.05) is 13.1 Å². The lowest BCUT2D eigenvalue weighted by Crippen LogP contribution is -2.39. The first kappa shape index (κ1) is 18.1. The average molecular weight is 362 g/mol. The molecule has 1 fully saturated rings. The number of nitrogens with zero attached hydrogens (tertiary/aromatic N) is 3. The molecule has 1 saturated heterocycles. The van der Waals surface area contributed by atoms with Gasteiger partial charge in [0, 0.05) is 19.0 Å². The summed E-state index contributed by atoms with van der Waals surface area (Å²) in [6, 6.07) is 7.33.